The number of hydrogen-bond donors (Lipinski definition) is 1. The van der Waals surface area contributed by atoms with Crippen LogP contribution in [0.4, 0.5) is 0 Å². The van der Waals surface area contributed by atoms with Gasteiger partial charge in [-0.15, -0.1) is 0 Å². The summed E-state index contributed by atoms with van der Waals surface area (Å²) in [5, 5.41) is 2.46. The third-order valence-electron chi connectivity index (χ3n) is 3.34. The van der Waals surface area contributed by atoms with Crippen LogP contribution in [0.15, 0.2) is 36.4 Å². The van der Waals surface area contributed by atoms with Crippen molar-refractivity contribution in [2.75, 3.05) is 0 Å². The lowest BCUT2D eigenvalue weighted by Crippen LogP contribution is -2.37. The maximum atomic E-state index is 11.6. The minimum Gasteiger partial charge on any atom is -0.321 e. The fourth-order valence-electron chi connectivity index (χ4n) is 2.44. The molecule has 3 rings (SSSR count). The summed E-state index contributed by atoms with van der Waals surface area (Å²) >= 11 is 0. The normalized spacial score (nSPS) is 19.8. The SMILES string of the molecule is NC1Cc2c(ccc3ccccc23)CC1=O. The standard InChI is InChI=1S/C14H13NO/c15-13-8-12-10(7-14(13)16)6-5-9-3-1-2-4-11(9)12/h1-6,13H,7-8,15H2. The van der Waals surface area contributed by atoms with Gasteiger partial charge in [-0.2, -0.15) is 0 Å². The largest absolute Gasteiger partial charge is 0.321 e. The zero-order valence-corrected chi connectivity index (χ0v) is 8.94. The monoisotopic (exact) mass is 211 g/mol. The molecule has 0 aliphatic heterocycles. The minimum absolute atomic E-state index is 0.155. The molecule has 0 radical (unpaired) electrons. The predicted octanol–water partition coefficient (Wildman–Crippen LogP) is 1.83. The molecule has 16 heavy (non-hydrogen) atoms. The molecule has 0 bridgehead atoms. The Hall–Kier alpha value is -1.67. The highest BCUT2D eigenvalue weighted by Crippen LogP contribution is 2.27. The third kappa shape index (κ3) is 1.34. The van der Waals surface area contributed by atoms with Crippen molar-refractivity contribution in [2.24, 2.45) is 5.73 Å². The molecular formula is C14H13NO. The van der Waals surface area contributed by atoms with Crippen LogP contribution < -0.4 is 5.73 Å². The van der Waals surface area contributed by atoms with Gasteiger partial charge in [0.2, 0.25) is 0 Å². The average Bonchev–Trinajstić information content (AvgIpc) is 2.31. The van der Waals surface area contributed by atoms with Crippen molar-refractivity contribution >= 4 is 16.6 Å². The van der Waals surface area contributed by atoms with Gasteiger partial charge < -0.3 is 5.73 Å². The van der Waals surface area contributed by atoms with Gasteiger partial charge in [0.15, 0.2) is 5.78 Å². The number of Topliss-reactive ketones (excluding diaryl/α,β-unsaturated/α-hetero) is 1. The van der Waals surface area contributed by atoms with Crippen LogP contribution >= 0.6 is 0 Å². The first-order valence-corrected chi connectivity index (χ1v) is 5.53. The molecule has 2 aromatic rings. The zero-order valence-electron chi connectivity index (χ0n) is 8.94. The Morgan fingerprint density at radius 3 is 2.81 bits per heavy atom. The second-order valence-electron chi connectivity index (χ2n) is 4.38. The van der Waals surface area contributed by atoms with Crippen LogP contribution in [0.5, 0.6) is 0 Å². The highest BCUT2D eigenvalue weighted by atomic mass is 16.1. The van der Waals surface area contributed by atoms with Gasteiger partial charge in [0.05, 0.1) is 6.04 Å². The summed E-state index contributed by atoms with van der Waals surface area (Å²) < 4.78 is 0. The molecule has 0 fully saturated rings. The van der Waals surface area contributed by atoms with Crippen LogP contribution in [-0.4, -0.2) is 11.8 Å². The van der Waals surface area contributed by atoms with Crippen molar-refractivity contribution < 1.29 is 4.79 Å². The fraction of sp³-hybridized carbons (Fsp3) is 0.214. The summed E-state index contributed by atoms with van der Waals surface area (Å²) in [4.78, 5) is 11.6. The van der Waals surface area contributed by atoms with Crippen LogP contribution in [0.1, 0.15) is 11.1 Å². The molecule has 2 heteroatoms. The molecule has 2 aromatic carbocycles. The Labute approximate surface area is 94.1 Å². The second-order valence-corrected chi connectivity index (χ2v) is 4.38. The van der Waals surface area contributed by atoms with E-state index in [1.807, 2.05) is 12.1 Å². The lowest BCUT2D eigenvalue weighted by Gasteiger charge is -2.21. The third-order valence-corrected chi connectivity index (χ3v) is 3.34. The number of ketones is 1. The van der Waals surface area contributed by atoms with E-state index in [4.69, 9.17) is 5.73 Å². The molecule has 1 aliphatic carbocycles. The first kappa shape index (κ1) is 9.55. The number of carbonyl (C=O) groups is 1. The molecule has 1 unspecified atom stereocenters. The van der Waals surface area contributed by atoms with E-state index in [9.17, 15) is 4.79 Å². The van der Waals surface area contributed by atoms with Gasteiger partial charge in [0, 0.05) is 6.42 Å². The van der Waals surface area contributed by atoms with Gasteiger partial charge in [-0.1, -0.05) is 36.4 Å². The first-order valence-electron chi connectivity index (χ1n) is 5.53. The summed E-state index contributed by atoms with van der Waals surface area (Å²) in [6.07, 6.45) is 1.16. The molecule has 1 atom stereocenters. The highest BCUT2D eigenvalue weighted by molar-refractivity contribution is 5.94. The molecule has 0 saturated carbocycles. The van der Waals surface area contributed by atoms with E-state index in [1.54, 1.807) is 0 Å². The molecule has 80 valence electrons. The van der Waals surface area contributed by atoms with Crippen molar-refractivity contribution in [1.82, 2.24) is 0 Å². The van der Waals surface area contributed by atoms with Crippen molar-refractivity contribution in [3.05, 3.63) is 47.5 Å². The lowest BCUT2D eigenvalue weighted by atomic mass is 9.85. The minimum atomic E-state index is -0.321. The van der Waals surface area contributed by atoms with E-state index < -0.39 is 0 Å². The maximum Gasteiger partial charge on any atom is 0.154 e. The number of rotatable bonds is 0. The van der Waals surface area contributed by atoms with E-state index in [1.165, 1.54) is 16.3 Å². The van der Waals surface area contributed by atoms with Gasteiger partial charge in [-0.3, -0.25) is 4.79 Å². The molecule has 0 saturated heterocycles. The molecule has 0 aromatic heterocycles. The summed E-state index contributed by atoms with van der Waals surface area (Å²) in [6, 6.07) is 12.1. The van der Waals surface area contributed by atoms with Gasteiger partial charge >= 0.3 is 0 Å². The Balaban J connectivity index is 2.27. The molecule has 0 amide bonds. The van der Waals surface area contributed by atoms with Gasteiger partial charge in [0.1, 0.15) is 0 Å². The Bertz CT molecular complexity index is 574. The zero-order chi connectivity index (χ0) is 11.1. The molecule has 1 aliphatic rings. The van der Waals surface area contributed by atoms with Gasteiger partial charge in [-0.05, 0) is 28.3 Å². The lowest BCUT2D eigenvalue weighted by molar-refractivity contribution is -0.120. The van der Waals surface area contributed by atoms with E-state index in [0.717, 1.165) is 5.56 Å². The number of carbonyl (C=O) groups excluding carboxylic acids is 1. The van der Waals surface area contributed by atoms with Crippen molar-refractivity contribution in [3.8, 4) is 0 Å². The van der Waals surface area contributed by atoms with E-state index >= 15 is 0 Å². The Morgan fingerprint density at radius 1 is 1.12 bits per heavy atom. The molecule has 0 spiro atoms. The van der Waals surface area contributed by atoms with Crippen molar-refractivity contribution in [2.45, 2.75) is 18.9 Å². The quantitative estimate of drug-likeness (QED) is 0.722. The number of nitrogens with two attached hydrogens (primary N) is 1. The fourth-order valence-corrected chi connectivity index (χ4v) is 2.44. The van der Waals surface area contributed by atoms with Crippen LogP contribution in [0, 0.1) is 0 Å². The van der Waals surface area contributed by atoms with Gasteiger partial charge in [0.25, 0.3) is 0 Å². The number of hydrogen-bond acceptors (Lipinski definition) is 2. The van der Waals surface area contributed by atoms with Crippen LogP contribution in [-0.2, 0) is 17.6 Å². The average molecular weight is 211 g/mol. The Morgan fingerprint density at radius 2 is 1.94 bits per heavy atom. The molecular weight excluding hydrogens is 198 g/mol. The van der Waals surface area contributed by atoms with Crippen molar-refractivity contribution in [3.63, 3.8) is 0 Å². The van der Waals surface area contributed by atoms with Crippen molar-refractivity contribution in [1.29, 1.82) is 0 Å². The van der Waals surface area contributed by atoms with Crippen LogP contribution in [0.3, 0.4) is 0 Å². The molecule has 2 N–H and O–H groups in total. The smallest absolute Gasteiger partial charge is 0.154 e. The Kier molecular flexibility index (Phi) is 2.04. The second kappa shape index (κ2) is 3.42. The highest BCUT2D eigenvalue weighted by Gasteiger charge is 2.24. The van der Waals surface area contributed by atoms with E-state index in [0.29, 0.717) is 12.8 Å². The maximum absolute atomic E-state index is 11.6. The number of benzene rings is 2. The first-order chi connectivity index (χ1) is 7.75. The molecule has 2 nitrogen and oxygen atoms in total. The van der Waals surface area contributed by atoms with Crippen LogP contribution in [0.2, 0.25) is 0 Å². The van der Waals surface area contributed by atoms with Crippen LogP contribution in [0.25, 0.3) is 10.8 Å². The predicted molar refractivity (Wildman–Crippen MR) is 64.3 cm³/mol. The molecule has 0 heterocycles. The summed E-state index contributed by atoms with van der Waals surface area (Å²) in [7, 11) is 0. The summed E-state index contributed by atoms with van der Waals surface area (Å²) in [6.45, 7) is 0. The van der Waals surface area contributed by atoms with E-state index in [2.05, 4.69) is 24.3 Å². The van der Waals surface area contributed by atoms with Gasteiger partial charge in [-0.25, -0.2) is 0 Å². The summed E-state index contributed by atoms with van der Waals surface area (Å²) in [5.74, 6) is 0.155. The van der Waals surface area contributed by atoms with E-state index in [-0.39, 0.29) is 11.8 Å². The summed E-state index contributed by atoms with van der Waals surface area (Å²) in [5.41, 5.74) is 8.23. The topological polar surface area (TPSA) is 43.1 Å². The number of fused-ring (bicyclic) bond motifs is 3.